The molecule has 1 fully saturated rings. The van der Waals surface area contributed by atoms with Crippen LogP contribution in [-0.4, -0.2) is 40.7 Å². The number of hydrogen-bond acceptors (Lipinski definition) is 10. The van der Waals surface area contributed by atoms with Gasteiger partial charge in [0.25, 0.3) is 5.69 Å². The fourth-order valence-corrected chi connectivity index (χ4v) is 3.86. The Kier molecular flexibility index (Phi) is 7.88. The monoisotopic (exact) mass is 493 g/mol. The molecule has 174 valence electrons. The topological polar surface area (TPSA) is 99.1 Å². The molecule has 1 saturated heterocycles. The van der Waals surface area contributed by atoms with Gasteiger partial charge in [-0.1, -0.05) is 0 Å². The molecule has 1 aliphatic rings. The second-order valence-corrected chi connectivity index (χ2v) is 8.96. The van der Waals surface area contributed by atoms with Crippen LogP contribution in [0.4, 0.5) is 34.1 Å². The number of nitrogens with zero attached hydrogens (tertiary/aromatic N) is 7. The maximum absolute atomic E-state index is 10.7. The molecule has 0 saturated carbocycles. The van der Waals surface area contributed by atoms with Crippen LogP contribution in [0.1, 0.15) is 0 Å². The van der Waals surface area contributed by atoms with E-state index in [4.69, 9.17) is 0 Å². The van der Waals surface area contributed by atoms with Crippen molar-refractivity contribution in [2.24, 2.45) is 20.5 Å². The van der Waals surface area contributed by atoms with Crippen LogP contribution in [0.25, 0.3) is 0 Å². The predicted octanol–water partition coefficient (Wildman–Crippen LogP) is 6.69. The van der Waals surface area contributed by atoms with E-state index in [0.29, 0.717) is 17.1 Å². The highest BCUT2D eigenvalue weighted by atomic mass is 32.2. The van der Waals surface area contributed by atoms with E-state index >= 15 is 0 Å². The molecule has 0 atom stereocenters. The fourth-order valence-electron chi connectivity index (χ4n) is 3.40. The van der Waals surface area contributed by atoms with Crippen LogP contribution in [0, 0.1) is 10.1 Å². The first-order valence-corrected chi connectivity index (χ1v) is 11.6. The van der Waals surface area contributed by atoms with Gasteiger partial charge in [-0.3, -0.25) is 15.0 Å². The lowest BCUT2D eigenvalue weighted by molar-refractivity contribution is -0.384. The van der Waals surface area contributed by atoms with Gasteiger partial charge in [0.2, 0.25) is 0 Å². The zero-order valence-electron chi connectivity index (χ0n) is 18.2. The summed E-state index contributed by atoms with van der Waals surface area (Å²) >= 11 is 8.77. The Hall–Kier alpha value is -3.28. The van der Waals surface area contributed by atoms with Gasteiger partial charge >= 0.3 is 0 Å². The van der Waals surface area contributed by atoms with Crippen LogP contribution in [-0.2, 0) is 0 Å². The lowest BCUT2D eigenvalue weighted by Gasteiger charge is -2.37. The quantitative estimate of drug-likeness (QED) is 0.126. The summed E-state index contributed by atoms with van der Waals surface area (Å²) in [4.78, 5) is 14.8. The second kappa shape index (κ2) is 11.2. The summed E-state index contributed by atoms with van der Waals surface area (Å²) in [5.41, 5.74) is 3.83. The molecule has 0 aliphatic carbocycles. The van der Waals surface area contributed by atoms with E-state index in [0.717, 1.165) is 37.6 Å². The van der Waals surface area contributed by atoms with Gasteiger partial charge in [-0.25, -0.2) is 0 Å². The Morgan fingerprint density at radius 1 is 0.676 bits per heavy atom. The van der Waals surface area contributed by atoms with E-state index in [1.54, 1.807) is 36.4 Å². The Balaban J connectivity index is 1.32. The van der Waals surface area contributed by atoms with Crippen LogP contribution in [0.3, 0.4) is 0 Å². The van der Waals surface area contributed by atoms with E-state index in [-0.39, 0.29) is 10.4 Å². The molecule has 1 aliphatic heterocycles. The number of rotatable bonds is 7. The van der Waals surface area contributed by atoms with Gasteiger partial charge in [-0.05, 0) is 60.7 Å². The minimum Gasteiger partial charge on any atom is -0.369 e. The molecule has 3 aromatic carbocycles. The second-order valence-electron chi connectivity index (χ2n) is 7.58. The highest BCUT2D eigenvalue weighted by molar-refractivity contribution is 7.99. The minimum absolute atomic E-state index is 0.0160. The zero-order valence-corrected chi connectivity index (χ0v) is 20.0. The van der Waals surface area contributed by atoms with Crippen molar-refractivity contribution in [1.29, 1.82) is 0 Å². The number of piperazine rings is 1. The number of thiol groups is 2. The average molecular weight is 494 g/mol. The smallest absolute Gasteiger partial charge is 0.269 e. The number of benzene rings is 3. The Morgan fingerprint density at radius 2 is 1.06 bits per heavy atom. The third-order valence-corrected chi connectivity index (χ3v) is 5.98. The number of anilines is 1. The third kappa shape index (κ3) is 6.40. The largest absolute Gasteiger partial charge is 0.369 e. The van der Waals surface area contributed by atoms with E-state index in [1.807, 2.05) is 12.1 Å². The lowest BCUT2D eigenvalue weighted by atomic mass is 10.2. The third-order valence-electron chi connectivity index (χ3n) is 5.33. The number of nitro groups is 1. The Bertz CT molecular complexity index is 1160. The van der Waals surface area contributed by atoms with Gasteiger partial charge < -0.3 is 4.90 Å². The van der Waals surface area contributed by atoms with Gasteiger partial charge in [-0.15, -0.1) is 25.3 Å². The van der Waals surface area contributed by atoms with Crippen molar-refractivity contribution >= 4 is 59.4 Å². The molecule has 0 N–H and O–H groups in total. The maximum Gasteiger partial charge on any atom is 0.269 e. The lowest BCUT2D eigenvalue weighted by Crippen LogP contribution is -2.47. The summed E-state index contributed by atoms with van der Waals surface area (Å²) in [6, 6.07) is 21.1. The zero-order chi connectivity index (χ0) is 23.9. The standard InChI is InChI=1S/C23H23N7O2S2/c31-30(32)22-11-7-20(8-12-22)27-25-18-3-1-17(2-4-18)24-26-19-5-9-21(10-6-19)28-13-15-29(16-14-28)23(33)34/h1-12,23,33-34H,13-16H2. The summed E-state index contributed by atoms with van der Waals surface area (Å²) in [6.45, 7) is 3.74. The summed E-state index contributed by atoms with van der Waals surface area (Å²) in [6.07, 6.45) is 0. The van der Waals surface area contributed by atoms with Crippen molar-refractivity contribution in [2.45, 2.75) is 4.71 Å². The van der Waals surface area contributed by atoms with E-state index in [2.05, 4.69) is 67.6 Å². The fraction of sp³-hybridized carbons (Fsp3) is 0.217. The van der Waals surface area contributed by atoms with Gasteiger partial charge in [0, 0.05) is 44.0 Å². The normalized spacial score (nSPS) is 15.0. The van der Waals surface area contributed by atoms with Crippen LogP contribution in [0.5, 0.6) is 0 Å². The summed E-state index contributed by atoms with van der Waals surface area (Å²) in [5, 5.41) is 27.5. The number of nitro benzene ring substituents is 1. The van der Waals surface area contributed by atoms with E-state index in [9.17, 15) is 10.1 Å². The van der Waals surface area contributed by atoms with Crippen molar-refractivity contribution in [3.63, 3.8) is 0 Å². The first-order chi connectivity index (χ1) is 16.5. The van der Waals surface area contributed by atoms with E-state index in [1.165, 1.54) is 12.1 Å². The first-order valence-electron chi connectivity index (χ1n) is 10.6. The molecule has 4 rings (SSSR count). The van der Waals surface area contributed by atoms with Crippen molar-refractivity contribution in [2.75, 3.05) is 31.1 Å². The van der Waals surface area contributed by atoms with Crippen molar-refractivity contribution in [3.8, 4) is 0 Å². The molecule has 34 heavy (non-hydrogen) atoms. The molecule has 1 heterocycles. The highest BCUT2D eigenvalue weighted by Crippen LogP contribution is 2.26. The van der Waals surface area contributed by atoms with Crippen LogP contribution in [0.2, 0.25) is 0 Å². The first kappa shape index (κ1) is 23.9. The van der Waals surface area contributed by atoms with Gasteiger partial charge in [-0.2, -0.15) is 20.5 Å². The molecule has 0 radical (unpaired) electrons. The molecule has 0 aromatic heterocycles. The predicted molar refractivity (Wildman–Crippen MR) is 140 cm³/mol. The van der Waals surface area contributed by atoms with Crippen LogP contribution < -0.4 is 4.90 Å². The molecule has 0 unspecified atom stereocenters. The molecular weight excluding hydrogens is 470 g/mol. The summed E-state index contributed by atoms with van der Waals surface area (Å²) in [7, 11) is 0. The van der Waals surface area contributed by atoms with Crippen molar-refractivity contribution in [1.82, 2.24) is 4.90 Å². The average Bonchev–Trinajstić information content (AvgIpc) is 2.87. The molecule has 0 amide bonds. The van der Waals surface area contributed by atoms with Crippen LogP contribution >= 0.6 is 25.3 Å². The van der Waals surface area contributed by atoms with Crippen molar-refractivity contribution in [3.05, 3.63) is 82.9 Å². The van der Waals surface area contributed by atoms with Crippen molar-refractivity contribution < 1.29 is 4.92 Å². The maximum atomic E-state index is 10.7. The molecule has 0 bridgehead atoms. The number of non-ortho nitro benzene ring substituents is 1. The van der Waals surface area contributed by atoms with E-state index < -0.39 is 4.92 Å². The van der Waals surface area contributed by atoms with Gasteiger partial charge in [0.15, 0.2) is 0 Å². The Morgan fingerprint density at radius 3 is 1.44 bits per heavy atom. The van der Waals surface area contributed by atoms with Crippen LogP contribution in [0.15, 0.2) is 93.3 Å². The van der Waals surface area contributed by atoms with Gasteiger partial charge in [0.1, 0.15) is 0 Å². The molecule has 9 nitrogen and oxygen atoms in total. The molecule has 0 spiro atoms. The highest BCUT2D eigenvalue weighted by Gasteiger charge is 2.19. The number of azo groups is 2. The Labute approximate surface area is 208 Å². The molecule has 3 aromatic rings. The summed E-state index contributed by atoms with van der Waals surface area (Å²) < 4.78 is -0.0166. The molecule has 11 heteroatoms. The molecular formula is C23H23N7O2S2. The number of hydrogen-bond donors (Lipinski definition) is 2. The minimum atomic E-state index is -0.452. The van der Waals surface area contributed by atoms with Gasteiger partial charge in [0.05, 0.1) is 32.4 Å². The summed E-state index contributed by atoms with van der Waals surface area (Å²) in [5.74, 6) is 0. The SMILES string of the molecule is O=[N+]([O-])c1ccc(N=Nc2ccc(N=Nc3ccc(N4CCN(C(S)S)CC4)cc3)cc2)cc1.